The van der Waals surface area contributed by atoms with Gasteiger partial charge in [-0.2, -0.15) is 5.10 Å². The SMILES string of the molecule is CCC1CCC(n2nc(C)c(C(Cl)CC)c2C)CC1. The molecule has 1 fully saturated rings. The van der Waals surface area contributed by atoms with E-state index in [9.17, 15) is 0 Å². The van der Waals surface area contributed by atoms with Crippen molar-refractivity contribution in [1.29, 1.82) is 0 Å². The fraction of sp³-hybridized carbons (Fsp3) is 0.812. The van der Waals surface area contributed by atoms with Crippen molar-refractivity contribution in [2.24, 2.45) is 5.92 Å². The van der Waals surface area contributed by atoms with Gasteiger partial charge in [0.05, 0.1) is 17.1 Å². The smallest absolute Gasteiger partial charge is 0.0643 e. The zero-order valence-corrected chi connectivity index (χ0v) is 13.5. The molecule has 19 heavy (non-hydrogen) atoms. The predicted octanol–water partition coefficient (Wildman–Crippen LogP) is 5.33. The van der Waals surface area contributed by atoms with Gasteiger partial charge in [0.1, 0.15) is 0 Å². The Morgan fingerprint density at radius 3 is 2.37 bits per heavy atom. The highest BCUT2D eigenvalue weighted by molar-refractivity contribution is 6.20. The summed E-state index contributed by atoms with van der Waals surface area (Å²) in [6.45, 7) is 8.74. The Balaban J connectivity index is 2.18. The van der Waals surface area contributed by atoms with Gasteiger partial charge in [0.2, 0.25) is 0 Å². The molecule has 1 aliphatic carbocycles. The second-order valence-electron chi connectivity index (χ2n) is 5.99. The van der Waals surface area contributed by atoms with Crippen molar-refractivity contribution in [3.8, 4) is 0 Å². The van der Waals surface area contributed by atoms with Crippen LogP contribution in [0.2, 0.25) is 0 Å². The minimum Gasteiger partial charge on any atom is -0.266 e. The molecule has 1 heterocycles. The molecule has 0 N–H and O–H groups in total. The standard InChI is InChI=1S/C16H27ClN2/c1-5-13-7-9-14(10-8-13)19-12(4)16(11(3)18-19)15(17)6-2/h13-15H,5-10H2,1-4H3. The van der Waals surface area contributed by atoms with Crippen molar-refractivity contribution < 1.29 is 0 Å². The minimum absolute atomic E-state index is 0.112. The molecule has 1 atom stereocenters. The fourth-order valence-corrected chi connectivity index (χ4v) is 3.80. The maximum absolute atomic E-state index is 6.45. The van der Waals surface area contributed by atoms with Crippen LogP contribution in [0.25, 0.3) is 0 Å². The number of aryl methyl sites for hydroxylation is 1. The van der Waals surface area contributed by atoms with Crippen LogP contribution in [0.5, 0.6) is 0 Å². The third kappa shape index (κ3) is 2.99. The highest BCUT2D eigenvalue weighted by Crippen LogP contribution is 2.37. The van der Waals surface area contributed by atoms with E-state index in [1.54, 1.807) is 0 Å². The Morgan fingerprint density at radius 2 is 1.84 bits per heavy atom. The lowest BCUT2D eigenvalue weighted by molar-refractivity contribution is 0.253. The summed E-state index contributed by atoms with van der Waals surface area (Å²) in [4.78, 5) is 0. The molecule has 0 saturated heterocycles. The fourth-order valence-electron chi connectivity index (χ4n) is 3.49. The topological polar surface area (TPSA) is 17.8 Å². The Kier molecular flexibility index (Phi) is 4.94. The van der Waals surface area contributed by atoms with Crippen molar-refractivity contribution in [3.05, 3.63) is 17.0 Å². The predicted molar refractivity (Wildman–Crippen MR) is 81.9 cm³/mol. The highest BCUT2D eigenvalue weighted by Gasteiger charge is 2.26. The molecule has 3 heteroatoms. The van der Waals surface area contributed by atoms with E-state index >= 15 is 0 Å². The van der Waals surface area contributed by atoms with Gasteiger partial charge < -0.3 is 0 Å². The maximum Gasteiger partial charge on any atom is 0.0643 e. The first-order valence-corrected chi connectivity index (χ1v) is 8.21. The van der Waals surface area contributed by atoms with Gasteiger partial charge in [-0.05, 0) is 51.9 Å². The van der Waals surface area contributed by atoms with E-state index in [0.717, 1.165) is 18.0 Å². The van der Waals surface area contributed by atoms with E-state index < -0.39 is 0 Å². The molecule has 0 radical (unpaired) electrons. The molecule has 1 aromatic heterocycles. The van der Waals surface area contributed by atoms with Gasteiger partial charge in [-0.25, -0.2) is 0 Å². The number of alkyl halides is 1. The van der Waals surface area contributed by atoms with Crippen LogP contribution in [0, 0.1) is 19.8 Å². The zero-order valence-electron chi connectivity index (χ0n) is 12.7. The summed E-state index contributed by atoms with van der Waals surface area (Å²) in [5.74, 6) is 0.934. The molecule has 2 nitrogen and oxygen atoms in total. The van der Waals surface area contributed by atoms with E-state index in [0.29, 0.717) is 6.04 Å². The van der Waals surface area contributed by atoms with Crippen molar-refractivity contribution >= 4 is 11.6 Å². The normalized spacial score (nSPS) is 25.5. The average Bonchev–Trinajstić information content (AvgIpc) is 2.73. The number of halogens is 1. The Labute approximate surface area is 122 Å². The Bertz CT molecular complexity index is 417. The van der Waals surface area contributed by atoms with Gasteiger partial charge in [0, 0.05) is 11.3 Å². The van der Waals surface area contributed by atoms with E-state index in [1.807, 2.05) is 0 Å². The van der Waals surface area contributed by atoms with Crippen LogP contribution in [0.4, 0.5) is 0 Å². The molecule has 1 aromatic rings. The molecule has 0 aliphatic heterocycles. The van der Waals surface area contributed by atoms with Crippen molar-refractivity contribution in [2.75, 3.05) is 0 Å². The van der Waals surface area contributed by atoms with Crippen LogP contribution >= 0.6 is 11.6 Å². The largest absolute Gasteiger partial charge is 0.266 e. The molecule has 1 aliphatic rings. The first-order valence-electron chi connectivity index (χ1n) is 7.78. The van der Waals surface area contributed by atoms with E-state index in [1.165, 1.54) is 43.4 Å². The molecule has 2 rings (SSSR count). The summed E-state index contributed by atoms with van der Waals surface area (Å²) in [6.07, 6.45) is 7.56. The second-order valence-corrected chi connectivity index (χ2v) is 6.51. The molecule has 0 amide bonds. The molecule has 108 valence electrons. The number of hydrogen-bond acceptors (Lipinski definition) is 1. The zero-order chi connectivity index (χ0) is 14.0. The molecular formula is C16H27ClN2. The van der Waals surface area contributed by atoms with Gasteiger partial charge in [-0.1, -0.05) is 20.3 Å². The summed E-state index contributed by atoms with van der Waals surface area (Å²) in [6, 6.07) is 0.593. The second kappa shape index (κ2) is 6.30. The van der Waals surface area contributed by atoms with Gasteiger partial charge in [-0.3, -0.25) is 4.68 Å². The minimum atomic E-state index is 0.112. The lowest BCUT2D eigenvalue weighted by Crippen LogP contribution is -2.19. The average molecular weight is 283 g/mol. The maximum atomic E-state index is 6.45. The third-order valence-electron chi connectivity index (χ3n) is 4.79. The molecular weight excluding hydrogens is 256 g/mol. The van der Waals surface area contributed by atoms with Crippen LogP contribution in [0.3, 0.4) is 0 Å². The van der Waals surface area contributed by atoms with Gasteiger partial charge >= 0.3 is 0 Å². The van der Waals surface area contributed by atoms with Crippen LogP contribution < -0.4 is 0 Å². The number of nitrogens with zero attached hydrogens (tertiary/aromatic N) is 2. The summed E-state index contributed by atoms with van der Waals surface area (Å²) < 4.78 is 2.27. The Morgan fingerprint density at radius 1 is 1.21 bits per heavy atom. The molecule has 0 spiro atoms. The van der Waals surface area contributed by atoms with E-state index in [4.69, 9.17) is 16.7 Å². The molecule has 1 unspecified atom stereocenters. The van der Waals surface area contributed by atoms with E-state index in [-0.39, 0.29) is 5.38 Å². The summed E-state index contributed by atoms with van der Waals surface area (Å²) >= 11 is 6.45. The van der Waals surface area contributed by atoms with Crippen molar-refractivity contribution in [2.45, 2.75) is 77.6 Å². The first kappa shape index (κ1) is 14.9. The first-order chi connectivity index (χ1) is 9.08. The van der Waals surface area contributed by atoms with Gasteiger partial charge in [0.25, 0.3) is 0 Å². The van der Waals surface area contributed by atoms with E-state index in [2.05, 4.69) is 32.4 Å². The lowest BCUT2D eigenvalue weighted by Gasteiger charge is -2.29. The number of aromatic nitrogens is 2. The Hall–Kier alpha value is -0.500. The van der Waals surface area contributed by atoms with Gasteiger partial charge in [-0.15, -0.1) is 11.6 Å². The van der Waals surface area contributed by atoms with Crippen LogP contribution in [-0.4, -0.2) is 9.78 Å². The summed E-state index contributed by atoms with van der Waals surface area (Å²) in [7, 11) is 0. The third-order valence-corrected chi connectivity index (χ3v) is 5.32. The van der Waals surface area contributed by atoms with Crippen molar-refractivity contribution in [3.63, 3.8) is 0 Å². The number of hydrogen-bond donors (Lipinski definition) is 0. The highest BCUT2D eigenvalue weighted by atomic mass is 35.5. The van der Waals surface area contributed by atoms with Gasteiger partial charge in [0.15, 0.2) is 0 Å². The molecule has 1 saturated carbocycles. The van der Waals surface area contributed by atoms with Crippen molar-refractivity contribution in [1.82, 2.24) is 9.78 Å². The quantitative estimate of drug-likeness (QED) is 0.682. The lowest BCUT2D eigenvalue weighted by atomic mass is 9.84. The number of rotatable bonds is 4. The molecule has 0 bridgehead atoms. The molecule has 0 aromatic carbocycles. The van der Waals surface area contributed by atoms with Crippen LogP contribution in [0.15, 0.2) is 0 Å². The summed E-state index contributed by atoms with van der Waals surface area (Å²) in [5, 5.41) is 4.90. The van der Waals surface area contributed by atoms with Crippen LogP contribution in [-0.2, 0) is 0 Å². The van der Waals surface area contributed by atoms with Crippen LogP contribution in [0.1, 0.15) is 80.7 Å². The summed E-state index contributed by atoms with van der Waals surface area (Å²) in [5.41, 5.74) is 3.68. The monoisotopic (exact) mass is 282 g/mol.